The van der Waals surface area contributed by atoms with Crippen LogP contribution in [0.5, 0.6) is 0 Å². The summed E-state index contributed by atoms with van der Waals surface area (Å²) in [5, 5.41) is 4.36. The van der Waals surface area contributed by atoms with Gasteiger partial charge in [-0.25, -0.2) is 9.59 Å². The summed E-state index contributed by atoms with van der Waals surface area (Å²) in [5.74, 6) is -1.76. The molecule has 10 heteroatoms. The Hall–Kier alpha value is -2.62. The number of rotatable bonds is 7. The molecule has 1 atom stereocenters. The highest BCUT2D eigenvalue weighted by atomic mass is 32.1. The molecular weight excluding hydrogens is 398 g/mol. The number of amides is 3. The highest BCUT2D eigenvalue weighted by Crippen LogP contribution is 2.24. The number of thiophene rings is 1. The molecule has 2 rings (SSSR count). The van der Waals surface area contributed by atoms with E-state index in [2.05, 4.69) is 5.32 Å². The van der Waals surface area contributed by atoms with Crippen LogP contribution in [0.15, 0.2) is 11.4 Å². The Morgan fingerprint density at radius 3 is 2.69 bits per heavy atom. The number of carbonyl (C=O) groups is 4. The van der Waals surface area contributed by atoms with Crippen molar-refractivity contribution < 1.29 is 28.7 Å². The molecule has 0 aromatic carbocycles. The van der Waals surface area contributed by atoms with Crippen molar-refractivity contribution in [2.45, 2.75) is 58.2 Å². The second-order valence-electron chi connectivity index (χ2n) is 7.75. The maximum absolute atomic E-state index is 12.4. The minimum Gasteiger partial charge on any atom is -0.454 e. The summed E-state index contributed by atoms with van der Waals surface area (Å²) in [6, 6.07) is 0.839. The van der Waals surface area contributed by atoms with Crippen molar-refractivity contribution in [3.05, 3.63) is 21.9 Å². The van der Waals surface area contributed by atoms with Gasteiger partial charge in [0.2, 0.25) is 5.91 Å². The van der Waals surface area contributed by atoms with Gasteiger partial charge in [-0.1, -0.05) is 0 Å². The minimum atomic E-state index is -1.14. The van der Waals surface area contributed by atoms with Crippen LogP contribution < -0.4 is 11.1 Å². The smallest absolute Gasteiger partial charge is 0.408 e. The lowest BCUT2D eigenvalue weighted by atomic mass is 10.1. The Bertz CT molecular complexity index is 770. The number of fused-ring (bicyclic) bond motifs is 1. The van der Waals surface area contributed by atoms with Crippen molar-refractivity contribution in [2.24, 2.45) is 5.73 Å². The average Bonchev–Trinajstić information content (AvgIpc) is 3.08. The number of ether oxygens (including phenoxy) is 2. The zero-order chi connectivity index (χ0) is 21.6. The zero-order valence-corrected chi connectivity index (χ0v) is 17.7. The first-order chi connectivity index (χ1) is 13.5. The Morgan fingerprint density at radius 1 is 1.31 bits per heavy atom. The van der Waals surface area contributed by atoms with E-state index in [4.69, 9.17) is 15.2 Å². The maximum atomic E-state index is 12.4. The van der Waals surface area contributed by atoms with Gasteiger partial charge in [-0.05, 0) is 50.6 Å². The largest absolute Gasteiger partial charge is 0.454 e. The monoisotopic (exact) mass is 425 g/mol. The third-order valence-electron chi connectivity index (χ3n) is 4.15. The number of hydrogen-bond acceptors (Lipinski definition) is 7. The van der Waals surface area contributed by atoms with Gasteiger partial charge in [0.1, 0.15) is 11.6 Å². The normalized spacial score (nSPS) is 14.5. The summed E-state index contributed by atoms with van der Waals surface area (Å²) in [7, 11) is 0. The van der Waals surface area contributed by atoms with Gasteiger partial charge in [-0.3, -0.25) is 9.59 Å². The number of primary amides is 1. The van der Waals surface area contributed by atoms with Gasteiger partial charge in [0.05, 0.1) is 0 Å². The third kappa shape index (κ3) is 7.37. The van der Waals surface area contributed by atoms with E-state index >= 15 is 0 Å². The highest BCUT2D eigenvalue weighted by Gasteiger charge is 2.28. The summed E-state index contributed by atoms with van der Waals surface area (Å²) >= 11 is 1.67. The Labute approximate surface area is 173 Å². The molecular formula is C19H27N3O6S. The summed E-state index contributed by atoms with van der Waals surface area (Å²) < 4.78 is 10.2. The quantitative estimate of drug-likeness (QED) is 0.635. The number of alkyl carbamates (subject to hydrolysis) is 1. The van der Waals surface area contributed by atoms with E-state index in [-0.39, 0.29) is 18.7 Å². The van der Waals surface area contributed by atoms with Gasteiger partial charge >= 0.3 is 12.1 Å². The van der Waals surface area contributed by atoms with Crippen molar-refractivity contribution in [2.75, 3.05) is 13.2 Å². The number of nitrogens with two attached hydrogens (primary N) is 1. The van der Waals surface area contributed by atoms with Gasteiger partial charge in [0.25, 0.3) is 5.91 Å². The first kappa shape index (κ1) is 22.7. The van der Waals surface area contributed by atoms with Gasteiger partial charge in [-0.15, -0.1) is 11.3 Å². The zero-order valence-electron chi connectivity index (χ0n) is 16.9. The second kappa shape index (κ2) is 9.73. The minimum absolute atomic E-state index is 0.0520. The lowest BCUT2D eigenvalue weighted by molar-refractivity contribution is -0.154. The maximum Gasteiger partial charge on any atom is 0.408 e. The molecule has 0 aliphatic carbocycles. The van der Waals surface area contributed by atoms with Crippen LogP contribution >= 0.6 is 11.3 Å². The Morgan fingerprint density at radius 2 is 2.03 bits per heavy atom. The number of carbonyl (C=O) groups excluding carboxylic acids is 4. The van der Waals surface area contributed by atoms with Crippen molar-refractivity contribution in [1.29, 1.82) is 0 Å². The molecule has 29 heavy (non-hydrogen) atoms. The van der Waals surface area contributed by atoms with Crippen LogP contribution in [-0.2, 0) is 36.8 Å². The van der Waals surface area contributed by atoms with Crippen molar-refractivity contribution in [1.82, 2.24) is 10.2 Å². The molecule has 3 N–H and O–H groups in total. The van der Waals surface area contributed by atoms with Crippen molar-refractivity contribution in [3.63, 3.8) is 0 Å². The first-order valence-electron chi connectivity index (χ1n) is 9.32. The Balaban J connectivity index is 1.89. The van der Waals surface area contributed by atoms with Gasteiger partial charge < -0.3 is 25.4 Å². The molecule has 1 aromatic heterocycles. The molecule has 1 aliphatic heterocycles. The summed E-state index contributed by atoms with van der Waals surface area (Å²) in [6.07, 6.45) is -0.231. The molecule has 3 amide bonds. The molecule has 0 bridgehead atoms. The van der Waals surface area contributed by atoms with Crippen LogP contribution in [0.25, 0.3) is 0 Å². The molecule has 9 nitrogen and oxygen atoms in total. The van der Waals surface area contributed by atoms with E-state index in [1.165, 1.54) is 4.88 Å². The molecule has 0 saturated carbocycles. The number of hydrogen-bond donors (Lipinski definition) is 2. The first-order valence-corrected chi connectivity index (χ1v) is 10.2. The summed E-state index contributed by atoms with van der Waals surface area (Å²) in [6.45, 7) is 5.64. The van der Waals surface area contributed by atoms with Gasteiger partial charge in [-0.2, -0.15) is 0 Å². The predicted octanol–water partition coefficient (Wildman–Crippen LogP) is 1.33. The fraction of sp³-hybridized carbons (Fsp3) is 0.579. The van der Waals surface area contributed by atoms with E-state index < -0.39 is 36.2 Å². The molecule has 160 valence electrons. The molecule has 1 aliphatic rings. The highest BCUT2D eigenvalue weighted by molar-refractivity contribution is 7.10. The predicted molar refractivity (Wildman–Crippen MR) is 106 cm³/mol. The van der Waals surface area contributed by atoms with Crippen LogP contribution in [0.2, 0.25) is 0 Å². The molecule has 0 saturated heterocycles. The number of esters is 1. The average molecular weight is 426 g/mol. The van der Waals surface area contributed by atoms with E-state index in [1.54, 1.807) is 37.0 Å². The van der Waals surface area contributed by atoms with Crippen molar-refractivity contribution in [3.8, 4) is 0 Å². The van der Waals surface area contributed by atoms with E-state index in [0.29, 0.717) is 13.1 Å². The second-order valence-corrected chi connectivity index (χ2v) is 8.75. The summed E-state index contributed by atoms with van der Waals surface area (Å²) in [5.41, 5.74) is 5.47. The van der Waals surface area contributed by atoms with Crippen LogP contribution in [0.3, 0.4) is 0 Å². The lowest BCUT2D eigenvalue weighted by Crippen LogP contribution is -2.46. The number of nitrogens with one attached hydrogen (secondary N) is 1. The lowest BCUT2D eigenvalue weighted by Gasteiger charge is -2.27. The van der Waals surface area contributed by atoms with Crippen LogP contribution in [-0.4, -0.2) is 53.6 Å². The fourth-order valence-electron chi connectivity index (χ4n) is 2.77. The fourth-order valence-corrected chi connectivity index (χ4v) is 3.66. The summed E-state index contributed by atoms with van der Waals surface area (Å²) in [4.78, 5) is 50.7. The molecule has 0 spiro atoms. The molecule has 1 unspecified atom stereocenters. The van der Waals surface area contributed by atoms with Crippen LogP contribution in [0.4, 0.5) is 4.79 Å². The molecule has 1 aromatic rings. The van der Waals surface area contributed by atoms with Crippen LogP contribution in [0.1, 0.15) is 44.1 Å². The SMILES string of the molecule is CC(C)(C)OC(=O)NC(CCC(N)=O)C(=O)OCC(=O)N1CCc2sccc2C1. The topological polar surface area (TPSA) is 128 Å². The third-order valence-corrected chi connectivity index (χ3v) is 5.18. The van der Waals surface area contributed by atoms with Gasteiger partial charge in [0.15, 0.2) is 6.61 Å². The standard InChI is InChI=1S/C19H27N3O6S/c1-19(2,3)28-18(26)21-13(4-5-15(20)23)17(25)27-11-16(24)22-8-6-14-12(10-22)7-9-29-14/h7,9,13H,4-6,8,10-11H2,1-3H3,(H2,20,23)(H,21,26). The molecule has 2 heterocycles. The van der Waals surface area contributed by atoms with Crippen molar-refractivity contribution >= 4 is 35.2 Å². The van der Waals surface area contributed by atoms with E-state index in [9.17, 15) is 19.2 Å². The number of nitrogens with zero attached hydrogens (tertiary/aromatic N) is 1. The van der Waals surface area contributed by atoms with Gasteiger partial charge in [0, 0.05) is 24.4 Å². The Kier molecular flexibility index (Phi) is 7.60. The molecule has 0 radical (unpaired) electrons. The molecule has 0 fully saturated rings. The van der Waals surface area contributed by atoms with E-state index in [1.807, 2.05) is 11.4 Å². The van der Waals surface area contributed by atoms with Crippen LogP contribution in [0, 0.1) is 0 Å². The van der Waals surface area contributed by atoms with E-state index in [0.717, 1.165) is 12.0 Å².